The molecule has 40 heavy (non-hydrogen) atoms. The van der Waals surface area contributed by atoms with Crippen LogP contribution >= 0.6 is 23.2 Å². The molecule has 11 heteroatoms. The summed E-state index contributed by atoms with van der Waals surface area (Å²) in [6, 6.07) is 3.67. The first-order valence-electron chi connectivity index (χ1n) is 14.4. The zero-order chi connectivity index (χ0) is 28.0. The molecule has 6 rings (SSSR count). The van der Waals surface area contributed by atoms with Crippen LogP contribution < -0.4 is 0 Å². The number of hydrogen-bond donors (Lipinski definition) is 3. The van der Waals surface area contributed by atoms with E-state index in [2.05, 4.69) is 43.7 Å². The van der Waals surface area contributed by atoms with Gasteiger partial charge in [-0.2, -0.15) is 0 Å². The van der Waals surface area contributed by atoms with Gasteiger partial charge in [0.25, 0.3) is 0 Å². The number of hydrogen-bond acceptors (Lipinski definition) is 7. The Labute approximate surface area is 244 Å². The average molecular weight is 587 g/mol. The van der Waals surface area contributed by atoms with E-state index in [1.807, 2.05) is 10.6 Å². The van der Waals surface area contributed by atoms with Crippen LogP contribution in [-0.2, 0) is 12.8 Å². The minimum Gasteiger partial charge on any atom is -0.390 e. The lowest BCUT2D eigenvalue weighted by atomic mass is 10.0. The number of benzene rings is 1. The van der Waals surface area contributed by atoms with E-state index in [-0.39, 0.29) is 12.0 Å². The number of H-pyrrole nitrogens is 1. The third-order valence-electron chi connectivity index (χ3n) is 8.62. The van der Waals surface area contributed by atoms with Crippen LogP contribution in [0.5, 0.6) is 0 Å². The number of halogens is 2. The molecule has 0 saturated heterocycles. The van der Waals surface area contributed by atoms with Crippen LogP contribution in [0.25, 0.3) is 22.2 Å². The van der Waals surface area contributed by atoms with Crippen molar-refractivity contribution in [3.05, 3.63) is 46.4 Å². The number of aliphatic hydroxyl groups is 2. The molecule has 4 aromatic rings. The summed E-state index contributed by atoms with van der Waals surface area (Å²) in [4.78, 5) is 24.0. The molecule has 2 saturated carbocycles. The van der Waals surface area contributed by atoms with Gasteiger partial charge in [0.05, 0.1) is 45.2 Å². The topological polar surface area (TPSA) is 116 Å². The maximum atomic E-state index is 11.1. The lowest BCUT2D eigenvalue weighted by Gasteiger charge is -2.30. The van der Waals surface area contributed by atoms with Gasteiger partial charge >= 0.3 is 0 Å². The lowest BCUT2D eigenvalue weighted by Crippen LogP contribution is -2.40. The highest BCUT2D eigenvalue weighted by Gasteiger charge is 2.43. The second-order valence-electron chi connectivity index (χ2n) is 11.8. The highest BCUT2D eigenvalue weighted by Crippen LogP contribution is 2.38. The summed E-state index contributed by atoms with van der Waals surface area (Å²) in [5.74, 6) is 1.58. The predicted octanol–water partition coefficient (Wildman–Crippen LogP) is 4.98. The Bertz CT molecular complexity index is 1450. The van der Waals surface area contributed by atoms with E-state index in [0.717, 1.165) is 72.5 Å². The van der Waals surface area contributed by atoms with Gasteiger partial charge < -0.3 is 24.7 Å². The first-order valence-corrected chi connectivity index (χ1v) is 15.1. The summed E-state index contributed by atoms with van der Waals surface area (Å²) in [6.07, 6.45) is 8.60. The van der Waals surface area contributed by atoms with E-state index < -0.39 is 12.2 Å². The number of fused-ring (bicyclic) bond motifs is 2. The molecule has 0 spiro atoms. The van der Waals surface area contributed by atoms with Gasteiger partial charge in [-0.3, -0.25) is 0 Å². The van der Waals surface area contributed by atoms with Gasteiger partial charge in [-0.15, -0.1) is 0 Å². The van der Waals surface area contributed by atoms with Gasteiger partial charge in [-0.1, -0.05) is 23.2 Å². The average Bonchev–Trinajstić information content (AvgIpc) is 3.39. The quantitative estimate of drug-likeness (QED) is 0.212. The summed E-state index contributed by atoms with van der Waals surface area (Å²) in [7, 11) is 0. The second kappa shape index (κ2) is 11.5. The molecule has 0 radical (unpaired) electrons. The Morgan fingerprint density at radius 1 is 1.07 bits per heavy atom. The Kier molecular flexibility index (Phi) is 8.03. The SMILES string of the molecule is CC(C)N(CCCCc1nc2cc(Cl)c(Cl)cc2[nH]1)C[C@H]1C[C@@H](n2cnc3c(CC4CC4)ncnc32)[C@H](O)[C@@H]1O. The number of rotatable bonds is 11. The number of aliphatic hydroxyl groups excluding tert-OH is 2. The smallest absolute Gasteiger partial charge is 0.163 e. The summed E-state index contributed by atoms with van der Waals surface area (Å²) < 4.78 is 1.95. The zero-order valence-corrected chi connectivity index (χ0v) is 24.5. The Morgan fingerprint density at radius 2 is 1.88 bits per heavy atom. The van der Waals surface area contributed by atoms with Gasteiger partial charge in [0.2, 0.25) is 0 Å². The number of aromatic amines is 1. The van der Waals surface area contributed by atoms with Crippen molar-refractivity contribution in [2.75, 3.05) is 13.1 Å². The minimum atomic E-state index is -0.867. The van der Waals surface area contributed by atoms with E-state index in [9.17, 15) is 10.2 Å². The molecule has 214 valence electrons. The molecule has 0 aliphatic heterocycles. The van der Waals surface area contributed by atoms with Crippen molar-refractivity contribution in [2.24, 2.45) is 11.8 Å². The van der Waals surface area contributed by atoms with Crippen LogP contribution in [0.1, 0.15) is 63.5 Å². The molecule has 1 aromatic carbocycles. The lowest BCUT2D eigenvalue weighted by molar-refractivity contribution is -0.00177. The van der Waals surface area contributed by atoms with E-state index >= 15 is 0 Å². The Morgan fingerprint density at radius 3 is 2.65 bits per heavy atom. The van der Waals surface area contributed by atoms with E-state index in [0.29, 0.717) is 28.4 Å². The third kappa shape index (κ3) is 5.72. The van der Waals surface area contributed by atoms with Crippen LogP contribution in [0, 0.1) is 11.8 Å². The van der Waals surface area contributed by atoms with Gasteiger partial charge in [0.1, 0.15) is 23.8 Å². The zero-order valence-electron chi connectivity index (χ0n) is 23.0. The Hall–Kier alpha value is -2.30. The Balaban J connectivity index is 1.07. The van der Waals surface area contributed by atoms with Crippen LogP contribution in [-0.4, -0.2) is 75.9 Å². The molecule has 3 aromatic heterocycles. The number of nitrogens with zero attached hydrogens (tertiary/aromatic N) is 6. The number of nitrogens with one attached hydrogen (secondary N) is 1. The third-order valence-corrected chi connectivity index (χ3v) is 9.35. The van der Waals surface area contributed by atoms with Gasteiger partial charge in [0.15, 0.2) is 5.65 Å². The molecule has 0 amide bonds. The van der Waals surface area contributed by atoms with Gasteiger partial charge in [-0.05, 0) is 77.0 Å². The molecule has 4 atom stereocenters. The first-order chi connectivity index (χ1) is 19.3. The van der Waals surface area contributed by atoms with Crippen molar-refractivity contribution in [1.82, 2.24) is 34.4 Å². The molecule has 3 N–H and O–H groups in total. The van der Waals surface area contributed by atoms with Crippen LogP contribution in [0.15, 0.2) is 24.8 Å². The maximum Gasteiger partial charge on any atom is 0.163 e. The number of aromatic nitrogens is 6. The van der Waals surface area contributed by atoms with Gasteiger partial charge in [0, 0.05) is 24.9 Å². The number of aryl methyl sites for hydroxylation is 1. The maximum absolute atomic E-state index is 11.1. The van der Waals surface area contributed by atoms with E-state index in [1.54, 1.807) is 18.7 Å². The number of unbranched alkanes of at least 4 members (excludes halogenated alkanes) is 1. The van der Waals surface area contributed by atoms with E-state index in [1.165, 1.54) is 12.8 Å². The fourth-order valence-corrected chi connectivity index (χ4v) is 6.41. The van der Waals surface area contributed by atoms with Crippen molar-refractivity contribution in [3.8, 4) is 0 Å². The first kappa shape index (κ1) is 27.8. The molecular weight excluding hydrogens is 549 g/mol. The minimum absolute atomic E-state index is 0.0440. The molecule has 2 fully saturated rings. The van der Waals surface area contributed by atoms with E-state index in [4.69, 9.17) is 23.2 Å². The molecule has 3 heterocycles. The van der Waals surface area contributed by atoms with Crippen molar-refractivity contribution >= 4 is 45.4 Å². The molecule has 2 aliphatic rings. The largest absolute Gasteiger partial charge is 0.390 e. The summed E-state index contributed by atoms with van der Waals surface area (Å²) in [6.45, 7) is 6.00. The highest BCUT2D eigenvalue weighted by molar-refractivity contribution is 6.42. The standard InChI is InChI=1S/C29H37Cl2N7O2/c1-16(2)37(8-4-3-5-25-35-21-11-19(30)20(31)12-22(21)36-25)13-18-10-24(28(40)27(18)39)38-15-34-26-23(9-17-6-7-17)32-14-33-29(26)38/h11-12,14-18,24,27-28,39-40H,3-10,13H2,1-2H3,(H,35,36)/t18-,24-,27-,28+/m1/s1. The van der Waals surface area contributed by atoms with Crippen LogP contribution in [0.4, 0.5) is 0 Å². The van der Waals surface area contributed by atoms with Crippen LogP contribution in [0.2, 0.25) is 10.0 Å². The van der Waals surface area contributed by atoms with Crippen molar-refractivity contribution < 1.29 is 10.2 Å². The summed E-state index contributed by atoms with van der Waals surface area (Å²) in [5, 5.41) is 23.2. The van der Waals surface area contributed by atoms with Gasteiger partial charge in [-0.25, -0.2) is 19.9 Å². The molecule has 2 aliphatic carbocycles. The summed E-state index contributed by atoms with van der Waals surface area (Å²) in [5.41, 5.74) is 4.27. The summed E-state index contributed by atoms with van der Waals surface area (Å²) >= 11 is 12.3. The van der Waals surface area contributed by atoms with Crippen LogP contribution in [0.3, 0.4) is 0 Å². The fourth-order valence-electron chi connectivity index (χ4n) is 6.09. The molecule has 9 nitrogen and oxygen atoms in total. The molecule has 0 bridgehead atoms. The second-order valence-corrected chi connectivity index (χ2v) is 12.7. The molecular formula is C29H37Cl2N7O2. The number of imidazole rings is 2. The van der Waals surface area contributed by atoms with Crippen molar-refractivity contribution in [3.63, 3.8) is 0 Å². The van der Waals surface area contributed by atoms with Crippen molar-refractivity contribution in [1.29, 1.82) is 0 Å². The predicted molar refractivity (Wildman–Crippen MR) is 157 cm³/mol. The fraction of sp³-hybridized carbons (Fsp3) is 0.586. The normalized spacial score (nSPS) is 23.4. The molecule has 0 unspecified atom stereocenters. The highest BCUT2D eigenvalue weighted by atomic mass is 35.5. The van der Waals surface area contributed by atoms with Crippen molar-refractivity contribution in [2.45, 2.75) is 83.1 Å². The monoisotopic (exact) mass is 585 g/mol.